The number of carbonyl (C=O) groups is 1. The van der Waals surface area contributed by atoms with Crippen molar-refractivity contribution in [3.05, 3.63) is 126 Å². The second kappa shape index (κ2) is 11.1. The highest BCUT2D eigenvalue weighted by molar-refractivity contribution is 5.91. The predicted molar refractivity (Wildman–Crippen MR) is 135 cm³/mol. The summed E-state index contributed by atoms with van der Waals surface area (Å²) in [5.74, 6) is 0.893. The van der Waals surface area contributed by atoms with Crippen LogP contribution >= 0.6 is 0 Å². The lowest BCUT2D eigenvalue weighted by molar-refractivity contribution is -0.116. The van der Waals surface area contributed by atoms with Crippen molar-refractivity contribution in [2.24, 2.45) is 0 Å². The van der Waals surface area contributed by atoms with Crippen LogP contribution in [-0.4, -0.2) is 10.9 Å². The van der Waals surface area contributed by atoms with Gasteiger partial charge in [-0.1, -0.05) is 91.0 Å². The lowest BCUT2D eigenvalue weighted by Crippen LogP contribution is -2.23. The van der Waals surface area contributed by atoms with Gasteiger partial charge in [0.1, 0.15) is 5.82 Å². The average molecular weight is 436 g/mol. The molecule has 0 aliphatic rings. The molecular weight excluding hydrogens is 406 g/mol. The lowest BCUT2D eigenvalue weighted by atomic mass is 10.1. The minimum Gasteiger partial charge on any atom is -0.348 e. The van der Waals surface area contributed by atoms with E-state index < -0.39 is 0 Å². The molecule has 0 saturated carbocycles. The Morgan fingerprint density at radius 2 is 1.24 bits per heavy atom. The van der Waals surface area contributed by atoms with Crippen LogP contribution in [0.2, 0.25) is 0 Å². The summed E-state index contributed by atoms with van der Waals surface area (Å²) in [6.07, 6.45) is 1.17. The lowest BCUT2D eigenvalue weighted by Gasteiger charge is -2.25. The SMILES string of the molecule is Cc1nc(N(Cc2ccccc2)Cc2ccccc2)ccc1NC(=O)CCc1ccccc1. The van der Waals surface area contributed by atoms with Gasteiger partial charge in [0.05, 0.1) is 11.4 Å². The molecule has 1 aromatic heterocycles. The molecule has 0 aliphatic carbocycles. The smallest absolute Gasteiger partial charge is 0.224 e. The Morgan fingerprint density at radius 3 is 1.76 bits per heavy atom. The van der Waals surface area contributed by atoms with Gasteiger partial charge < -0.3 is 10.2 Å². The molecule has 0 bridgehead atoms. The van der Waals surface area contributed by atoms with Crippen molar-refractivity contribution in [1.82, 2.24) is 4.98 Å². The normalized spacial score (nSPS) is 10.6. The molecule has 0 spiro atoms. The molecule has 0 saturated heterocycles. The highest BCUT2D eigenvalue weighted by Gasteiger charge is 2.13. The van der Waals surface area contributed by atoms with E-state index in [0.717, 1.165) is 42.3 Å². The number of aromatic nitrogens is 1. The molecule has 3 aromatic carbocycles. The van der Waals surface area contributed by atoms with Crippen LogP contribution < -0.4 is 10.2 Å². The Morgan fingerprint density at radius 1 is 0.727 bits per heavy atom. The molecular formula is C29H29N3O. The van der Waals surface area contributed by atoms with Crippen LogP contribution in [0.15, 0.2) is 103 Å². The topological polar surface area (TPSA) is 45.2 Å². The summed E-state index contributed by atoms with van der Waals surface area (Å²) in [5, 5.41) is 3.03. The fraction of sp³-hybridized carbons (Fsp3) is 0.172. The van der Waals surface area contributed by atoms with Gasteiger partial charge >= 0.3 is 0 Å². The molecule has 1 heterocycles. The maximum Gasteiger partial charge on any atom is 0.224 e. The number of nitrogens with zero attached hydrogens (tertiary/aromatic N) is 2. The van der Waals surface area contributed by atoms with Crippen LogP contribution in [0.25, 0.3) is 0 Å². The minimum absolute atomic E-state index is 0.00179. The third kappa shape index (κ3) is 6.53. The van der Waals surface area contributed by atoms with E-state index in [1.165, 1.54) is 11.1 Å². The van der Waals surface area contributed by atoms with Gasteiger partial charge in [-0.15, -0.1) is 0 Å². The van der Waals surface area contributed by atoms with Crippen LogP contribution in [0.4, 0.5) is 11.5 Å². The maximum absolute atomic E-state index is 12.5. The van der Waals surface area contributed by atoms with E-state index in [1.54, 1.807) is 0 Å². The number of nitrogens with one attached hydrogen (secondary N) is 1. The van der Waals surface area contributed by atoms with Gasteiger partial charge in [-0.2, -0.15) is 0 Å². The third-order valence-corrected chi connectivity index (χ3v) is 5.59. The van der Waals surface area contributed by atoms with E-state index in [-0.39, 0.29) is 5.91 Å². The molecule has 4 aromatic rings. The molecule has 4 heteroatoms. The number of aryl methyl sites for hydroxylation is 2. The number of pyridine rings is 1. The Balaban J connectivity index is 1.47. The van der Waals surface area contributed by atoms with Crippen LogP contribution in [0.5, 0.6) is 0 Å². The maximum atomic E-state index is 12.5. The summed E-state index contributed by atoms with van der Waals surface area (Å²) in [7, 11) is 0. The van der Waals surface area contributed by atoms with Gasteiger partial charge in [0.25, 0.3) is 0 Å². The predicted octanol–water partition coefficient (Wildman–Crippen LogP) is 6.17. The summed E-state index contributed by atoms with van der Waals surface area (Å²) in [6.45, 7) is 3.45. The van der Waals surface area contributed by atoms with Crippen molar-refractivity contribution in [3.63, 3.8) is 0 Å². The molecule has 0 aliphatic heterocycles. The molecule has 1 N–H and O–H groups in total. The zero-order valence-electron chi connectivity index (χ0n) is 18.9. The number of rotatable bonds is 9. The monoisotopic (exact) mass is 435 g/mol. The van der Waals surface area contributed by atoms with Crippen LogP contribution in [-0.2, 0) is 24.3 Å². The highest BCUT2D eigenvalue weighted by atomic mass is 16.1. The molecule has 33 heavy (non-hydrogen) atoms. The summed E-state index contributed by atoms with van der Waals surface area (Å²) < 4.78 is 0. The van der Waals surface area contributed by atoms with Crippen molar-refractivity contribution in [3.8, 4) is 0 Å². The summed E-state index contributed by atoms with van der Waals surface area (Å²) in [6, 6.07) is 34.8. The van der Waals surface area contributed by atoms with Gasteiger partial charge in [-0.25, -0.2) is 4.98 Å². The Hall–Kier alpha value is -3.92. The first-order chi connectivity index (χ1) is 16.2. The van der Waals surface area contributed by atoms with E-state index in [9.17, 15) is 4.79 Å². The minimum atomic E-state index is 0.00179. The van der Waals surface area contributed by atoms with Crippen LogP contribution in [0.1, 0.15) is 28.8 Å². The van der Waals surface area contributed by atoms with Gasteiger partial charge in [-0.3, -0.25) is 4.79 Å². The number of amides is 1. The first-order valence-corrected chi connectivity index (χ1v) is 11.3. The molecule has 0 radical (unpaired) electrons. The number of hydrogen-bond acceptors (Lipinski definition) is 3. The van der Waals surface area contributed by atoms with Crippen LogP contribution in [0, 0.1) is 6.92 Å². The first-order valence-electron chi connectivity index (χ1n) is 11.3. The van der Waals surface area contributed by atoms with E-state index >= 15 is 0 Å². The van der Waals surface area contributed by atoms with Gasteiger partial charge in [0.15, 0.2) is 0 Å². The average Bonchev–Trinajstić information content (AvgIpc) is 2.85. The summed E-state index contributed by atoms with van der Waals surface area (Å²) >= 11 is 0. The van der Waals surface area contributed by atoms with Gasteiger partial charge in [0, 0.05) is 19.5 Å². The zero-order valence-corrected chi connectivity index (χ0v) is 18.9. The van der Waals surface area contributed by atoms with E-state index in [4.69, 9.17) is 4.98 Å². The number of carbonyl (C=O) groups excluding carboxylic acids is 1. The zero-order chi connectivity index (χ0) is 22.9. The number of benzene rings is 3. The quantitative estimate of drug-likeness (QED) is 0.342. The molecule has 1 amide bonds. The molecule has 0 fully saturated rings. The first kappa shape index (κ1) is 22.3. The standard InChI is InChI=1S/C29H29N3O/c1-23-27(31-29(33)20-17-24-11-5-2-6-12-24)18-19-28(30-23)32(21-25-13-7-3-8-14-25)22-26-15-9-4-10-16-26/h2-16,18-19H,17,20-22H2,1H3,(H,31,33). The molecule has 0 unspecified atom stereocenters. The highest BCUT2D eigenvalue weighted by Crippen LogP contribution is 2.23. The number of hydrogen-bond donors (Lipinski definition) is 1. The Labute approximate surface area is 195 Å². The van der Waals surface area contributed by atoms with Crippen molar-refractivity contribution in [1.29, 1.82) is 0 Å². The van der Waals surface area contributed by atoms with Crippen molar-refractivity contribution in [2.75, 3.05) is 10.2 Å². The second-order valence-electron chi connectivity index (χ2n) is 8.16. The van der Waals surface area contributed by atoms with Crippen molar-refractivity contribution >= 4 is 17.4 Å². The summed E-state index contributed by atoms with van der Waals surface area (Å²) in [5.41, 5.74) is 5.19. The molecule has 4 nitrogen and oxygen atoms in total. The van der Waals surface area contributed by atoms with E-state index in [1.807, 2.05) is 61.5 Å². The van der Waals surface area contributed by atoms with Gasteiger partial charge in [0.2, 0.25) is 5.91 Å². The molecule has 0 atom stereocenters. The van der Waals surface area contributed by atoms with Crippen molar-refractivity contribution < 1.29 is 4.79 Å². The van der Waals surface area contributed by atoms with Gasteiger partial charge in [-0.05, 0) is 42.2 Å². The fourth-order valence-corrected chi connectivity index (χ4v) is 3.80. The van der Waals surface area contributed by atoms with Crippen LogP contribution in [0.3, 0.4) is 0 Å². The fourth-order valence-electron chi connectivity index (χ4n) is 3.80. The van der Waals surface area contributed by atoms with E-state index in [0.29, 0.717) is 6.42 Å². The second-order valence-corrected chi connectivity index (χ2v) is 8.16. The molecule has 166 valence electrons. The summed E-state index contributed by atoms with van der Waals surface area (Å²) in [4.78, 5) is 19.6. The van der Waals surface area contributed by atoms with E-state index in [2.05, 4.69) is 58.7 Å². The molecule has 4 rings (SSSR count). The Kier molecular flexibility index (Phi) is 7.49. The third-order valence-electron chi connectivity index (χ3n) is 5.59. The number of anilines is 2. The van der Waals surface area contributed by atoms with Crippen molar-refractivity contribution in [2.45, 2.75) is 32.9 Å². The largest absolute Gasteiger partial charge is 0.348 e. The Bertz CT molecular complexity index is 1120.